The van der Waals surface area contributed by atoms with Crippen LogP contribution in [0.15, 0.2) is 80.6 Å². The smallest absolute Gasteiger partial charge is 0.278 e. The Morgan fingerprint density at radius 1 is 1.00 bits per heavy atom. The third kappa shape index (κ3) is 5.41. The van der Waals surface area contributed by atoms with Crippen molar-refractivity contribution in [3.05, 3.63) is 80.7 Å². The van der Waals surface area contributed by atoms with E-state index < -0.39 is 22.5 Å². The number of carbonyl (C=O) groups excluding carboxylic acids is 1. The molecule has 0 aliphatic rings. The van der Waals surface area contributed by atoms with Crippen LogP contribution in [0.2, 0.25) is 5.02 Å². The molecule has 1 amide bonds. The lowest BCUT2D eigenvalue weighted by Gasteiger charge is -2.23. The van der Waals surface area contributed by atoms with Crippen molar-refractivity contribution in [2.24, 2.45) is 0 Å². The molecule has 0 saturated heterocycles. The molecule has 0 saturated carbocycles. The zero-order chi connectivity index (χ0) is 22.6. The number of methoxy groups -OCH3 is 1. The van der Waals surface area contributed by atoms with Gasteiger partial charge in [0.1, 0.15) is 11.5 Å². The number of sulfonamides is 1. The van der Waals surface area contributed by atoms with Crippen molar-refractivity contribution in [3.63, 3.8) is 0 Å². The molecule has 0 aromatic heterocycles. The van der Waals surface area contributed by atoms with Crippen molar-refractivity contribution in [3.8, 4) is 11.5 Å². The van der Waals surface area contributed by atoms with Crippen LogP contribution in [0.1, 0.15) is 0 Å². The summed E-state index contributed by atoms with van der Waals surface area (Å²) in [5.74, 6) is -0.0498. The first-order valence-corrected chi connectivity index (χ1v) is 12.2. The fourth-order valence-corrected chi connectivity index (χ4v) is 5.52. The Kier molecular flexibility index (Phi) is 7.64. The summed E-state index contributed by atoms with van der Waals surface area (Å²) in [5.41, 5.74) is 0.0677. The second kappa shape index (κ2) is 10.0. The summed E-state index contributed by atoms with van der Waals surface area (Å²) in [4.78, 5) is 13.1. The molecule has 0 heterocycles. The quantitative estimate of drug-likeness (QED) is 0.355. The van der Waals surface area contributed by atoms with E-state index in [0.717, 1.165) is 4.47 Å². The van der Waals surface area contributed by atoms with E-state index in [1.54, 1.807) is 36.4 Å². The van der Waals surface area contributed by atoms with Crippen LogP contribution in [-0.4, -0.2) is 28.0 Å². The zero-order valence-electron chi connectivity index (χ0n) is 16.1. The Balaban J connectivity index is 1.99. The maximum absolute atomic E-state index is 13.3. The molecule has 0 atom stereocenters. The number of rotatable bonds is 7. The maximum atomic E-state index is 13.3. The first-order valence-electron chi connectivity index (χ1n) is 8.78. The van der Waals surface area contributed by atoms with Crippen LogP contribution < -0.4 is 13.8 Å². The number of halogens is 3. The molecule has 162 valence electrons. The average molecular weight is 590 g/mol. The van der Waals surface area contributed by atoms with Crippen molar-refractivity contribution in [1.82, 2.24) is 0 Å². The van der Waals surface area contributed by atoms with Gasteiger partial charge in [-0.3, -0.25) is 4.79 Å². The van der Waals surface area contributed by atoms with Crippen LogP contribution in [0.5, 0.6) is 11.5 Å². The molecule has 31 heavy (non-hydrogen) atoms. The summed E-state index contributed by atoms with van der Waals surface area (Å²) in [7, 11) is -2.79. The molecule has 0 unspecified atom stereocenters. The van der Waals surface area contributed by atoms with Gasteiger partial charge in [0, 0.05) is 4.47 Å². The van der Waals surface area contributed by atoms with Gasteiger partial charge in [-0.05, 0) is 64.5 Å². The second-order valence-electron chi connectivity index (χ2n) is 6.16. The Hall–Kier alpha value is -2.07. The minimum absolute atomic E-state index is 0.0416. The number of hydrogen-bond acceptors (Lipinski definition) is 5. The molecule has 0 N–H and O–H groups in total. The van der Waals surface area contributed by atoms with Gasteiger partial charge < -0.3 is 9.47 Å². The third-order valence-corrected chi connectivity index (χ3v) is 7.29. The predicted octanol–water partition coefficient (Wildman–Crippen LogP) is 5.67. The first kappa shape index (κ1) is 23.6. The van der Waals surface area contributed by atoms with Gasteiger partial charge >= 0.3 is 0 Å². The van der Waals surface area contributed by atoms with E-state index in [-0.39, 0.29) is 15.6 Å². The van der Waals surface area contributed by atoms with Crippen LogP contribution in [0.4, 0.5) is 5.69 Å². The van der Waals surface area contributed by atoms with Crippen molar-refractivity contribution >= 4 is 65.1 Å². The lowest BCUT2D eigenvalue weighted by Crippen LogP contribution is -2.40. The highest BCUT2D eigenvalue weighted by atomic mass is 79.9. The summed E-state index contributed by atoms with van der Waals surface area (Å²) in [6.45, 7) is -0.518. The molecule has 3 aromatic rings. The Bertz CT molecular complexity index is 1210. The lowest BCUT2D eigenvalue weighted by molar-refractivity contribution is -0.119. The molecule has 0 radical (unpaired) electrons. The number of benzene rings is 3. The van der Waals surface area contributed by atoms with Crippen LogP contribution in [0.3, 0.4) is 0 Å². The average Bonchev–Trinajstić information content (AvgIpc) is 2.74. The van der Waals surface area contributed by atoms with Gasteiger partial charge in [-0.15, -0.1) is 0 Å². The Labute approximate surface area is 202 Å². The number of carbonyl (C=O) groups is 1. The monoisotopic (exact) mass is 587 g/mol. The van der Waals surface area contributed by atoms with Gasteiger partial charge in [0.2, 0.25) is 0 Å². The van der Waals surface area contributed by atoms with Crippen LogP contribution in [0.25, 0.3) is 0 Å². The highest BCUT2D eigenvalue weighted by Gasteiger charge is 2.32. The van der Waals surface area contributed by atoms with E-state index in [1.807, 2.05) is 0 Å². The molecule has 10 heteroatoms. The highest BCUT2D eigenvalue weighted by Crippen LogP contribution is 2.33. The van der Waals surface area contributed by atoms with Gasteiger partial charge in [-0.2, -0.15) is 4.31 Å². The number of anilines is 1. The normalized spacial score (nSPS) is 11.1. The van der Waals surface area contributed by atoms with E-state index in [0.29, 0.717) is 20.3 Å². The van der Waals surface area contributed by atoms with Crippen molar-refractivity contribution in [1.29, 1.82) is 0 Å². The molecular formula is C21H16Br2ClNO5S. The molecule has 0 fully saturated rings. The van der Waals surface area contributed by atoms with E-state index in [9.17, 15) is 13.2 Å². The van der Waals surface area contributed by atoms with Crippen LogP contribution >= 0.6 is 43.5 Å². The molecule has 6 nitrogen and oxygen atoms in total. The number of ether oxygens (including phenoxy) is 2. The largest absolute Gasteiger partial charge is 0.495 e. The summed E-state index contributed by atoms with van der Waals surface area (Å²) >= 11 is 12.9. The number of hydrogen-bond donors (Lipinski definition) is 0. The molecule has 0 spiro atoms. The van der Waals surface area contributed by atoms with Crippen LogP contribution in [-0.2, 0) is 14.8 Å². The highest BCUT2D eigenvalue weighted by molar-refractivity contribution is 9.11. The fourth-order valence-electron chi connectivity index (χ4n) is 2.69. The van der Waals surface area contributed by atoms with Crippen molar-refractivity contribution in [2.45, 2.75) is 4.90 Å². The Morgan fingerprint density at radius 2 is 1.68 bits per heavy atom. The SMILES string of the molecule is COc1ccc(N(C(=O)COc2ccc(Br)cc2Br)S(=O)(=O)c2ccccc2)cc1Cl. The van der Waals surface area contributed by atoms with E-state index in [4.69, 9.17) is 21.1 Å². The van der Waals surface area contributed by atoms with E-state index in [2.05, 4.69) is 31.9 Å². The minimum atomic E-state index is -4.23. The maximum Gasteiger partial charge on any atom is 0.278 e. The van der Waals surface area contributed by atoms with Gasteiger partial charge in [0.05, 0.1) is 27.2 Å². The Morgan fingerprint density at radius 3 is 2.29 bits per heavy atom. The van der Waals surface area contributed by atoms with Crippen molar-refractivity contribution in [2.75, 3.05) is 18.0 Å². The summed E-state index contributed by atoms with van der Waals surface area (Å²) in [6.07, 6.45) is 0. The van der Waals surface area contributed by atoms with Crippen LogP contribution in [0, 0.1) is 0 Å². The third-order valence-electron chi connectivity index (χ3n) is 4.12. The molecule has 0 bridgehead atoms. The topological polar surface area (TPSA) is 72.9 Å². The lowest BCUT2D eigenvalue weighted by atomic mass is 10.3. The van der Waals surface area contributed by atoms with Gasteiger partial charge in [0.25, 0.3) is 15.9 Å². The minimum Gasteiger partial charge on any atom is -0.495 e. The predicted molar refractivity (Wildman–Crippen MR) is 126 cm³/mol. The first-order chi connectivity index (χ1) is 14.7. The number of amides is 1. The molecular weight excluding hydrogens is 574 g/mol. The van der Waals surface area contributed by atoms with Gasteiger partial charge in [0.15, 0.2) is 6.61 Å². The summed E-state index contributed by atoms with van der Waals surface area (Å²) in [5, 5.41) is 0.164. The fraction of sp³-hybridized carbons (Fsp3) is 0.0952. The van der Waals surface area contributed by atoms with Gasteiger partial charge in [-0.1, -0.05) is 45.7 Å². The molecule has 0 aliphatic heterocycles. The molecule has 3 rings (SSSR count). The van der Waals surface area contributed by atoms with Gasteiger partial charge in [-0.25, -0.2) is 8.42 Å². The van der Waals surface area contributed by atoms with Crippen molar-refractivity contribution < 1.29 is 22.7 Å². The second-order valence-corrected chi connectivity index (χ2v) is 10.1. The summed E-state index contributed by atoms with van der Waals surface area (Å²) in [6, 6.07) is 17.1. The molecule has 3 aromatic carbocycles. The van der Waals surface area contributed by atoms with E-state index in [1.165, 1.54) is 37.4 Å². The van der Waals surface area contributed by atoms with E-state index >= 15 is 0 Å². The number of nitrogens with zero attached hydrogens (tertiary/aromatic N) is 1. The standard InChI is InChI=1S/C21H16Br2ClNO5S/c1-29-20-10-8-15(12-18(20)24)25(31(27,28)16-5-3-2-4-6-16)21(26)13-30-19-9-7-14(22)11-17(19)23/h2-12H,13H2,1H3. The zero-order valence-corrected chi connectivity index (χ0v) is 20.8. The summed E-state index contributed by atoms with van der Waals surface area (Å²) < 4.78 is 39.5. The molecule has 0 aliphatic carbocycles.